The molecule has 0 fully saturated rings. The van der Waals surface area contributed by atoms with E-state index >= 15 is 0 Å². The van der Waals surface area contributed by atoms with Gasteiger partial charge in [-0.3, -0.25) is 9.47 Å². The number of nitrogens with zero attached hydrogens (tertiary/aromatic N) is 6. The van der Waals surface area contributed by atoms with Crippen LogP contribution in [0.25, 0.3) is 16.9 Å². The highest BCUT2D eigenvalue weighted by molar-refractivity contribution is 6.31. The lowest BCUT2D eigenvalue weighted by Crippen LogP contribution is -2.39. The second-order valence-corrected chi connectivity index (χ2v) is 8.57. The summed E-state index contributed by atoms with van der Waals surface area (Å²) in [7, 11) is 3.29. The summed E-state index contributed by atoms with van der Waals surface area (Å²) in [4.78, 5) is 40.8. The molecule has 2 aromatic carbocycles. The van der Waals surface area contributed by atoms with E-state index in [1.54, 1.807) is 49.3 Å². The van der Waals surface area contributed by atoms with Crippen molar-refractivity contribution in [3.63, 3.8) is 0 Å². The first kappa shape index (κ1) is 26.7. The smallest absolute Gasteiger partial charge is 0.328 e. The van der Waals surface area contributed by atoms with E-state index in [9.17, 15) is 22.8 Å². The average Bonchev–Trinajstić information content (AvgIpc) is 3.32. The number of rotatable bonds is 5. The second-order valence-electron chi connectivity index (χ2n) is 8.16. The van der Waals surface area contributed by atoms with Crippen molar-refractivity contribution in [2.24, 2.45) is 0 Å². The maximum absolute atomic E-state index is 13.1. The first-order valence-corrected chi connectivity index (χ1v) is 11.6. The normalized spacial score (nSPS) is 11.3. The van der Waals surface area contributed by atoms with E-state index in [1.807, 2.05) is 6.92 Å². The molecule has 14 heteroatoms. The molecular weight excluding hydrogens is 525 g/mol. The monoisotopic (exact) mass is 546 g/mol. The van der Waals surface area contributed by atoms with Gasteiger partial charge in [-0.2, -0.15) is 13.2 Å². The third kappa shape index (κ3) is 5.47. The van der Waals surface area contributed by atoms with Crippen molar-refractivity contribution >= 4 is 52.0 Å². The lowest BCUT2D eigenvalue weighted by molar-refractivity contribution is -0.137. The lowest BCUT2D eigenvalue weighted by Gasteiger charge is -2.22. The molecule has 10 nitrogen and oxygen atoms in total. The van der Waals surface area contributed by atoms with Gasteiger partial charge in [0.25, 0.3) is 0 Å². The van der Waals surface area contributed by atoms with Gasteiger partial charge in [-0.1, -0.05) is 11.6 Å². The molecule has 4 aromatic rings. The van der Waals surface area contributed by atoms with Gasteiger partial charge < -0.3 is 15.5 Å². The van der Waals surface area contributed by atoms with Gasteiger partial charge in [0.05, 0.1) is 10.6 Å². The third-order valence-electron chi connectivity index (χ3n) is 5.65. The molecule has 38 heavy (non-hydrogen) atoms. The summed E-state index contributed by atoms with van der Waals surface area (Å²) in [6.07, 6.45) is -1.77. The molecule has 0 radical (unpaired) electrons. The van der Waals surface area contributed by atoms with Crippen LogP contribution in [0.1, 0.15) is 12.5 Å². The van der Waals surface area contributed by atoms with Crippen molar-refractivity contribution < 1.29 is 22.8 Å². The number of amides is 4. The van der Waals surface area contributed by atoms with Gasteiger partial charge in [0.2, 0.25) is 0 Å². The van der Waals surface area contributed by atoms with E-state index in [1.165, 1.54) is 22.2 Å². The maximum Gasteiger partial charge on any atom is 0.417 e. The molecule has 0 atom stereocenters. The molecule has 4 rings (SSSR count). The van der Waals surface area contributed by atoms with Crippen LogP contribution in [0.5, 0.6) is 0 Å². The number of nitrogens with one attached hydrogen (secondary N) is 2. The highest BCUT2D eigenvalue weighted by atomic mass is 35.5. The highest BCUT2D eigenvalue weighted by Crippen LogP contribution is 2.36. The Kier molecular flexibility index (Phi) is 7.39. The van der Waals surface area contributed by atoms with Crippen LogP contribution in [0.3, 0.4) is 0 Å². The molecule has 2 heterocycles. The van der Waals surface area contributed by atoms with E-state index in [-0.39, 0.29) is 11.7 Å². The van der Waals surface area contributed by atoms with Gasteiger partial charge in [0.15, 0.2) is 17.0 Å². The molecule has 4 amide bonds. The fourth-order valence-corrected chi connectivity index (χ4v) is 3.78. The first-order valence-electron chi connectivity index (χ1n) is 11.2. The molecule has 2 aromatic heterocycles. The molecule has 198 valence electrons. The number of alkyl halides is 3. The molecule has 0 bridgehead atoms. The van der Waals surface area contributed by atoms with Crippen LogP contribution < -0.4 is 15.5 Å². The number of urea groups is 2. The zero-order valence-electron chi connectivity index (χ0n) is 20.4. The number of anilines is 3. The minimum atomic E-state index is -4.65. The van der Waals surface area contributed by atoms with E-state index in [4.69, 9.17) is 11.6 Å². The summed E-state index contributed by atoms with van der Waals surface area (Å²) in [6.45, 7) is 2.39. The summed E-state index contributed by atoms with van der Waals surface area (Å²) in [5, 5.41) is 4.46. The molecule has 0 aliphatic heterocycles. The van der Waals surface area contributed by atoms with Gasteiger partial charge >= 0.3 is 18.2 Å². The Morgan fingerprint density at radius 3 is 2.32 bits per heavy atom. The Bertz CT molecular complexity index is 1490. The molecule has 0 saturated heterocycles. The Labute approximate surface area is 220 Å². The Hall–Kier alpha value is -4.39. The number of hydrogen-bond donors (Lipinski definition) is 2. The summed E-state index contributed by atoms with van der Waals surface area (Å²) in [5.74, 6) is 0.352. The van der Waals surface area contributed by atoms with Crippen molar-refractivity contribution in [1.29, 1.82) is 0 Å². The van der Waals surface area contributed by atoms with E-state index in [0.717, 1.165) is 12.1 Å². The maximum atomic E-state index is 13.1. The molecule has 0 aliphatic carbocycles. The highest BCUT2D eigenvalue weighted by Gasteiger charge is 2.33. The number of fused-ring (bicyclic) bond motifs is 1. The molecule has 0 aliphatic rings. The van der Waals surface area contributed by atoms with Crippen LogP contribution in [-0.4, -0.2) is 57.1 Å². The predicted octanol–water partition coefficient (Wildman–Crippen LogP) is 5.64. The zero-order chi connectivity index (χ0) is 27.6. The zero-order valence-corrected chi connectivity index (χ0v) is 21.2. The van der Waals surface area contributed by atoms with E-state index in [2.05, 4.69) is 25.6 Å². The lowest BCUT2D eigenvalue weighted by atomic mass is 10.2. The number of hydrogen-bond acceptors (Lipinski definition) is 5. The Morgan fingerprint density at radius 1 is 1.00 bits per heavy atom. The largest absolute Gasteiger partial charge is 0.417 e. The van der Waals surface area contributed by atoms with Gasteiger partial charge in [-0.05, 0) is 49.4 Å². The van der Waals surface area contributed by atoms with Gasteiger partial charge in [-0.15, -0.1) is 0 Å². The number of imidazole rings is 1. The van der Waals surface area contributed by atoms with E-state index < -0.39 is 22.8 Å². The summed E-state index contributed by atoms with van der Waals surface area (Å²) >= 11 is 5.62. The van der Waals surface area contributed by atoms with Gasteiger partial charge in [0, 0.05) is 37.7 Å². The Morgan fingerprint density at radius 2 is 1.66 bits per heavy atom. The minimum Gasteiger partial charge on any atom is -0.328 e. The van der Waals surface area contributed by atoms with Crippen molar-refractivity contribution in [2.45, 2.75) is 13.1 Å². The van der Waals surface area contributed by atoms with Crippen molar-refractivity contribution in [3.8, 4) is 5.69 Å². The van der Waals surface area contributed by atoms with Crippen molar-refractivity contribution in [1.82, 2.24) is 24.4 Å². The van der Waals surface area contributed by atoms with Crippen LogP contribution in [0.15, 0.2) is 55.1 Å². The first-order chi connectivity index (χ1) is 18.0. The number of aromatic nitrogens is 4. The van der Waals surface area contributed by atoms with Crippen LogP contribution in [0.4, 0.5) is 40.0 Å². The number of carbonyl (C=O) groups is 2. The van der Waals surface area contributed by atoms with Crippen LogP contribution in [0, 0.1) is 0 Å². The van der Waals surface area contributed by atoms with Crippen LogP contribution in [-0.2, 0) is 6.18 Å². The summed E-state index contributed by atoms with van der Waals surface area (Å²) in [6, 6.07) is 8.73. The molecule has 0 unspecified atom stereocenters. The summed E-state index contributed by atoms with van der Waals surface area (Å²) < 4.78 is 40.9. The fraction of sp³-hybridized carbons (Fsp3) is 0.208. The quantitative estimate of drug-likeness (QED) is 0.337. The molecule has 0 spiro atoms. The van der Waals surface area contributed by atoms with Gasteiger partial charge in [-0.25, -0.2) is 24.5 Å². The third-order valence-corrected chi connectivity index (χ3v) is 5.98. The number of carbonyl (C=O) groups excluding carboxylic acids is 2. The number of benzene rings is 2. The second kappa shape index (κ2) is 10.5. The number of halogens is 4. The topological polar surface area (TPSA) is 108 Å². The van der Waals surface area contributed by atoms with Crippen LogP contribution >= 0.6 is 11.6 Å². The molecular formula is C24H22ClF3N8O2. The Balaban J connectivity index is 1.50. The summed E-state index contributed by atoms with van der Waals surface area (Å²) in [5.41, 5.74) is 0.837. The minimum absolute atomic E-state index is 0.0650. The van der Waals surface area contributed by atoms with Crippen LogP contribution in [0.2, 0.25) is 5.02 Å². The standard InChI is InChI=1S/C24H22ClF3N8O2/c1-4-34(2)23(38)35(3)20-19-21(30-12-29-20)36(13-31-19)16-8-5-14(6-9-16)32-22(37)33-15-7-10-18(25)17(11-15)24(26,27)28/h5-13H,4H2,1-3H3,(H2,32,33,37). The predicted molar refractivity (Wildman–Crippen MR) is 138 cm³/mol. The molecule has 2 N–H and O–H groups in total. The average molecular weight is 547 g/mol. The van der Waals surface area contributed by atoms with Gasteiger partial charge in [0.1, 0.15) is 12.7 Å². The molecule has 0 saturated carbocycles. The SMILES string of the molecule is CCN(C)C(=O)N(C)c1ncnc2c1ncn2-c1ccc(NC(=O)Nc2ccc(Cl)c(C(F)(F)F)c2)cc1. The fourth-order valence-electron chi connectivity index (χ4n) is 3.56. The van der Waals surface area contributed by atoms with Crippen molar-refractivity contribution in [3.05, 3.63) is 65.7 Å². The van der Waals surface area contributed by atoms with E-state index in [0.29, 0.717) is 34.9 Å². The van der Waals surface area contributed by atoms with Crippen molar-refractivity contribution in [2.75, 3.05) is 36.2 Å².